The highest BCUT2D eigenvalue weighted by atomic mass is 19.4. The van der Waals surface area contributed by atoms with Crippen molar-refractivity contribution in [3.63, 3.8) is 0 Å². The van der Waals surface area contributed by atoms with Crippen LogP contribution >= 0.6 is 0 Å². The van der Waals surface area contributed by atoms with Crippen LogP contribution in [0.1, 0.15) is 23.9 Å². The first-order valence-electron chi connectivity index (χ1n) is 7.48. The Bertz CT molecular complexity index is 861. The van der Waals surface area contributed by atoms with E-state index in [1.807, 2.05) is 23.1 Å². The lowest BCUT2D eigenvalue weighted by molar-refractivity contribution is -0.146. The van der Waals surface area contributed by atoms with Crippen LogP contribution in [-0.2, 0) is 6.18 Å². The third-order valence-corrected chi connectivity index (χ3v) is 4.12. The van der Waals surface area contributed by atoms with Gasteiger partial charge >= 0.3 is 6.18 Å². The first-order chi connectivity index (χ1) is 11.5. The summed E-state index contributed by atoms with van der Waals surface area (Å²) in [7, 11) is 0. The van der Waals surface area contributed by atoms with Gasteiger partial charge in [0.1, 0.15) is 5.82 Å². The molecule has 1 atom stereocenters. The van der Waals surface area contributed by atoms with Crippen LogP contribution in [0, 0.1) is 0 Å². The second-order valence-corrected chi connectivity index (χ2v) is 5.67. The van der Waals surface area contributed by atoms with Crippen molar-refractivity contribution >= 4 is 11.5 Å². The van der Waals surface area contributed by atoms with Gasteiger partial charge in [-0.2, -0.15) is 17.7 Å². The summed E-state index contributed by atoms with van der Waals surface area (Å²) in [5, 5.41) is 10.8. The zero-order valence-corrected chi connectivity index (χ0v) is 12.5. The van der Waals surface area contributed by atoms with Crippen LogP contribution in [0.5, 0.6) is 0 Å². The number of alkyl halides is 3. The summed E-state index contributed by atoms with van der Waals surface area (Å²) < 4.78 is 39.6. The molecule has 1 aliphatic heterocycles. The van der Waals surface area contributed by atoms with Gasteiger partial charge in [-0.1, -0.05) is 6.07 Å². The highest BCUT2D eigenvalue weighted by Gasteiger charge is 2.38. The Kier molecular flexibility index (Phi) is 3.36. The zero-order valence-electron chi connectivity index (χ0n) is 12.5. The van der Waals surface area contributed by atoms with Crippen LogP contribution < -0.4 is 4.90 Å². The average molecular weight is 334 g/mol. The highest BCUT2D eigenvalue weighted by molar-refractivity contribution is 5.47. The quantitative estimate of drug-likeness (QED) is 0.721. The first kappa shape index (κ1) is 14.9. The minimum atomic E-state index is -4.59. The minimum Gasteiger partial charge on any atom is -0.354 e. The van der Waals surface area contributed by atoms with Gasteiger partial charge in [0.15, 0.2) is 5.65 Å². The van der Waals surface area contributed by atoms with E-state index >= 15 is 0 Å². The van der Waals surface area contributed by atoms with Crippen molar-refractivity contribution in [2.24, 2.45) is 0 Å². The molecule has 0 N–H and O–H groups in total. The van der Waals surface area contributed by atoms with Gasteiger partial charge in [0, 0.05) is 30.9 Å². The van der Waals surface area contributed by atoms with Crippen molar-refractivity contribution in [3.05, 3.63) is 48.0 Å². The Labute approximate surface area is 134 Å². The van der Waals surface area contributed by atoms with Gasteiger partial charge in [0.05, 0.1) is 0 Å². The molecule has 0 amide bonds. The number of anilines is 1. The second-order valence-electron chi connectivity index (χ2n) is 5.67. The molecule has 1 fully saturated rings. The fraction of sp³-hybridized carbons (Fsp3) is 0.333. The third-order valence-electron chi connectivity index (χ3n) is 4.12. The van der Waals surface area contributed by atoms with Gasteiger partial charge in [-0.3, -0.25) is 4.98 Å². The molecule has 3 aromatic rings. The van der Waals surface area contributed by atoms with Gasteiger partial charge in [-0.05, 0) is 30.7 Å². The second kappa shape index (κ2) is 5.43. The largest absolute Gasteiger partial charge is 0.453 e. The molecular weight excluding hydrogens is 321 g/mol. The summed E-state index contributed by atoms with van der Waals surface area (Å²) in [5.74, 6) is -0.391. The Morgan fingerprint density at radius 3 is 2.71 bits per heavy atom. The van der Waals surface area contributed by atoms with E-state index < -0.39 is 12.0 Å². The van der Waals surface area contributed by atoms with E-state index in [9.17, 15) is 13.2 Å². The fourth-order valence-electron chi connectivity index (χ4n) is 2.95. The van der Waals surface area contributed by atoms with Crippen LogP contribution in [0.25, 0.3) is 5.65 Å². The summed E-state index contributed by atoms with van der Waals surface area (Å²) in [6, 6.07) is 8.93. The van der Waals surface area contributed by atoms with Gasteiger partial charge in [0.25, 0.3) is 5.82 Å². The highest BCUT2D eigenvalue weighted by Crippen LogP contribution is 2.30. The van der Waals surface area contributed by atoms with Crippen LogP contribution in [-0.4, -0.2) is 37.9 Å². The molecule has 4 rings (SSSR count). The summed E-state index contributed by atoms with van der Waals surface area (Å²) >= 11 is 0. The monoisotopic (exact) mass is 334 g/mol. The lowest BCUT2D eigenvalue weighted by Gasteiger charge is -2.17. The number of hydrogen-bond acceptors (Lipinski definition) is 5. The summed E-state index contributed by atoms with van der Waals surface area (Å²) in [4.78, 5) is 6.31. The van der Waals surface area contributed by atoms with Crippen LogP contribution in [0.2, 0.25) is 0 Å². The molecule has 0 saturated carbocycles. The molecule has 24 heavy (non-hydrogen) atoms. The van der Waals surface area contributed by atoms with E-state index in [0.29, 0.717) is 18.9 Å². The number of fused-ring (bicyclic) bond motifs is 1. The molecular formula is C15H13F3N6. The number of halogens is 3. The molecule has 0 aliphatic carbocycles. The average Bonchev–Trinajstić information content (AvgIpc) is 3.21. The van der Waals surface area contributed by atoms with Gasteiger partial charge in [-0.15, -0.1) is 15.3 Å². The lowest BCUT2D eigenvalue weighted by Crippen LogP contribution is -2.22. The molecule has 1 unspecified atom stereocenters. The van der Waals surface area contributed by atoms with Crippen molar-refractivity contribution in [3.8, 4) is 0 Å². The van der Waals surface area contributed by atoms with E-state index in [4.69, 9.17) is 0 Å². The number of hydrogen-bond donors (Lipinski definition) is 0. The number of nitrogens with zero attached hydrogens (tertiary/aromatic N) is 6. The topological polar surface area (TPSA) is 59.2 Å². The van der Waals surface area contributed by atoms with Gasteiger partial charge < -0.3 is 4.90 Å². The Morgan fingerprint density at radius 1 is 1.08 bits per heavy atom. The maximum absolute atomic E-state index is 13.0. The third kappa shape index (κ3) is 2.55. The molecule has 0 aromatic carbocycles. The van der Waals surface area contributed by atoms with Gasteiger partial charge in [0.2, 0.25) is 0 Å². The van der Waals surface area contributed by atoms with E-state index in [2.05, 4.69) is 20.3 Å². The van der Waals surface area contributed by atoms with Crippen molar-refractivity contribution in [1.29, 1.82) is 0 Å². The molecule has 124 valence electrons. The van der Waals surface area contributed by atoms with Gasteiger partial charge in [-0.25, -0.2) is 0 Å². The number of rotatable bonds is 2. The maximum Gasteiger partial charge on any atom is 0.453 e. The Hall–Kier alpha value is -2.71. The van der Waals surface area contributed by atoms with Crippen LogP contribution in [0.3, 0.4) is 0 Å². The molecule has 1 aliphatic rings. The molecule has 6 nitrogen and oxygen atoms in total. The predicted molar refractivity (Wildman–Crippen MR) is 79.6 cm³/mol. The normalized spacial score (nSPS) is 18.5. The summed E-state index contributed by atoms with van der Waals surface area (Å²) in [6.45, 7) is 1.38. The van der Waals surface area contributed by atoms with Crippen molar-refractivity contribution < 1.29 is 13.2 Å². The molecule has 0 spiro atoms. The SMILES string of the molecule is FC(F)(F)c1nnc2ccc(N3CCC(c4ccccn4)C3)nn12. The maximum atomic E-state index is 13.0. The van der Waals surface area contributed by atoms with Crippen molar-refractivity contribution in [2.75, 3.05) is 18.0 Å². The van der Waals surface area contributed by atoms with E-state index in [-0.39, 0.29) is 11.6 Å². The number of aromatic nitrogens is 5. The zero-order chi connectivity index (χ0) is 16.7. The molecule has 4 heterocycles. The molecule has 9 heteroatoms. The summed E-state index contributed by atoms with van der Waals surface area (Å²) in [5.41, 5.74) is 1.06. The van der Waals surface area contributed by atoms with E-state index in [0.717, 1.165) is 16.6 Å². The number of pyridine rings is 1. The smallest absolute Gasteiger partial charge is 0.354 e. The molecule has 0 bridgehead atoms. The molecule has 3 aromatic heterocycles. The lowest BCUT2D eigenvalue weighted by atomic mass is 10.0. The standard InChI is InChI=1S/C15H13F3N6/c16-15(17,18)14-21-20-12-4-5-13(22-24(12)14)23-8-6-10(9-23)11-3-1-2-7-19-11/h1-5,7,10H,6,8-9H2. The molecule has 0 radical (unpaired) electrons. The van der Waals surface area contributed by atoms with Crippen LogP contribution in [0.15, 0.2) is 36.5 Å². The molecule has 1 saturated heterocycles. The predicted octanol–water partition coefficient (Wildman–Crippen LogP) is 2.53. The summed E-state index contributed by atoms with van der Waals surface area (Å²) in [6.07, 6.45) is -1.97. The van der Waals surface area contributed by atoms with E-state index in [1.54, 1.807) is 12.3 Å². The van der Waals surface area contributed by atoms with Crippen molar-refractivity contribution in [2.45, 2.75) is 18.5 Å². The first-order valence-corrected chi connectivity index (χ1v) is 7.48. The fourth-order valence-corrected chi connectivity index (χ4v) is 2.95. The van der Waals surface area contributed by atoms with Crippen LogP contribution in [0.4, 0.5) is 19.0 Å². The Morgan fingerprint density at radius 2 is 1.96 bits per heavy atom. The van der Waals surface area contributed by atoms with Crippen molar-refractivity contribution in [1.82, 2.24) is 24.8 Å². The van der Waals surface area contributed by atoms with E-state index in [1.165, 1.54) is 6.07 Å². The minimum absolute atomic E-state index is 0.0755. The Balaban J connectivity index is 1.63.